The Morgan fingerprint density at radius 3 is 2.81 bits per heavy atom. The fourth-order valence-electron chi connectivity index (χ4n) is 1.96. The summed E-state index contributed by atoms with van der Waals surface area (Å²) in [6, 6.07) is 10.3. The van der Waals surface area contributed by atoms with Crippen LogP contribution in [0, 0.1) is 0 Å². The molecule has 0 amide bonds. The average molecular weight is 212 g/mol. The molecular formula is C12H12N4. The molecule has 3 rings (SSSR count). The molecule has 1 aliphatic rings. The van der Waals surface area contributed by atoms with Gasteiger partial charge in [-0.1, -0.05) is 18.2 Å². The minimum atomic E-state index is 0.817. The van der Waals surface area contributed by atoms with Crippen molar-refractivity contribution in [1.29, 1.82) is 0 Å². The first-order valence-corrected chi connectivity index (χ1v) is 5.20. The van der Waals surface area contributed by atoms with Crippen molar-refractivity contribution in [3.05, 3.63) is 42.9 Å². The molecule has 1 aromatic carbocycles. The lowest BCUT2D eigenvalue weighted by atomic mass is 10.3. The minimum absolute atomic E-state index is 0.817. The Labute approximate surface area is 94.2 Å². The van der Waals surface area contributed by atoms with E-state index in [1.54, 1.807) is 6.33 Å². The summed E-state index contributed by atoms with van der Waals surface area (Å²) < 4.78 is 0. The van der Waals surface area contributed by atoms with E-state index in [-0.39, 0.29) is 0 Å². The standard InChI is InChI=1S/C12H12N4/c1-15-9-16(10-5-3-2-4-6-10)12-11(15)7-13-8-14-12/h2-8H,9H2,1H3. The molecule has 4 heteroatoms. The van der Waals surface area contributed by atoms with Gasteiger partial charge in [-0.2, -0.15) is 0 Å². The van der Waals surface area contributed by atoms with Crippen LogP contribution in [-0.2, 0) is 0 Å². The highest BCUT2D eigenvalue weighted by atomic mass is 15.4. The van der Waals surface area contributed by atoms with Gasteiger partial charge in [-0.3, -0.25) is 0 Å². The predicted molar refractivity (Wildman–Crippen MR) is 63.9 cm³/mol. The van der Waals surface area contributed by atoms with Crippen LogP contribution in [0.2, 0.25) is 0 Å². The Kier molecular flexibility index (Phi) is 1.99. The van der Waals surface area contributed by atoms with Crippen LogP contribution in [0.3, 0.4) is 0 Å². The van der Waals surface area contributed by atoms with Gasteiger partial charge in [0.25, 0.3) is 0 Å². The summed E-state index contributed by atoms with van der Waals surface area (Å²) in [4.78, 5) is 12.7. The van der Waals surface area contributed by atoms with Crippen molar-refractivity contribution >= 4 is 17.2 Å². The van der Waals surface area contributed by atoms with Crippen molar-refractivity contribution in [3.63, 3.8) is 0 Å². The van der Waals surface area contributed by atoms with Gasteiger partial charge in [-0.15, -0.1) is 0 Å². The Bertz CT molecular complexity index is 497. The predicted octanol–water partition coefficient (Wildman–Crippen LogP) is 2.02. The molecule has 0 bridgehead atoms. The zero-order valence-corrected chi connectivity index (χ0v) is 9.04. The van der Waals surface area contributed by atoms with Gasteiger partial charge in [0, 0.05) is 12.7 Å². The van der Waals surface area contributed by atoms with E-state index in [2.05, 4.69) is 31.9 Å². The molecule has 80 valence electrons. The number of anilines is 3. The van der Waals surface area contributed by atoms with Crippen LogP contribution in [0.15, 0.2) is 42.9 Å². The Hall–Kier alpha value is -2.10. The van der Waals surface area contributed by atoms with Crippen molar-refractivity contribution in [3.8, 4) is 0 Å². The molecule has 0 radical (unpaired) electrons. The van der Waals surface area contributed by atoms with Crippen molar-refractivity contribution in [2.75, 3.05) is 23.5 Å². The number of hydrogen-bond donors (Lipinski definition) is 0. The fourth-order valence-corrected chi connectivity index (χ4v) is 1.96. The maximum Gasteiger partial charge on any atom is 0.161 e. The lowest BCUT2D eigenvalue weighted by Crippen LogP contribution is -2.24. The number of para-hydroxylation sites is 1. The maximum atomic E-state index is 4.34. The second kappa shape index (κ2) is 3.48. The van der Waals surface area contributed by atoms with Gasteiger partial charge in [0.05, 0.1) is 12.9 Å². The number of rotatable bonds is 1. The molecule has 1 aromatic heterocycles. The summed E-state index contributed by atoms with van der Waals surface area (Å²) in [5, 5.41) is 0. The van der Waals surface area contributed by atoms with E-state index < -0.39 is 0 Å². The van der Waals surface area contributed by atoms with Crippen molar-refractivity contribution in [1.82, 2.24) is 9.97 Å². The van der Waals surface area contributed by atoms with Gasteiger partial charge in [-0.05, 0) is 12.1 Å². The van der Waals surface area contributed by atoms with Crippen LogP contribution in [0.25, 0.3) is 0 Å². The molecule has 0 atom stereocenters. The van der Waals surface area contributed by atoms with Crippen molar-refractivity contribution in [2.24, 2.45) is 0 Å². The first kappa shape index (κ1) is 9.15. The molecule has 1 aliphatic heterocycles. The van der Waals surface area contributed by atoms with Crippen molar-refractivity contribution < 1.29 is 0 Å². The second-order valence-corrected chi connectivity index (χ2v) is 3.83. The zero-order valence-electron chi connectivity index (χ0n) is 9.04. The first-order chi connectivity index (χ1) is 7.86. The fraction of sp³-hybridized carbons (Fsp3) is 0.167. The molecule has 0 saturated carbocycles. The van der Waals surface area contributed by atoms with Crippen molar-refractivity contribution in [2.45, 2.75) is 0 Å². The summed E-state index contributed by atoms with van der Waals surface area (Å²) in [7, 11) is 2.05. The smallest absolute Gasteiger partial charge is 0.161 e. The number of aromatic nitrogens is 2. The summed E-state index contributed by atoms with van der Waals surface area (Å²) in [5.41, 5.74) is 2.23. The SMILES string of the molecule is CN1CN(c2ccccc2)c2ncncc21. The lowest BCUT2D eigenvalue weighted by Gasteiger charge is -2.18. The van der Waals surface area contributed by atoms with E-state index in [9.17, 15) is 0 Å². The number of fused-ring (bicyclic) bond motifs is 1. The first-order valence-electron chi connectivity index (χ1n) is 5.20. The van der Waals surface area contributed by atoms with Crippen LogP contribution >= 0.6 is 0 Å². The molecule has 2 heterocycles. The van der Waals surface area contributed by atoms with E-state index in [0.29, 0.717) is 0 Å². The topological polar surface area (TPSA) is 32.3 Å². The molecule has 0 spiro atoms. The Morgan fingerprint density at radius 1 is 1.19 bits per heavy atom. The third-order valence-electron chi connectivity index (χ3n) is 2.76. The molecule has 0 unspecified atom stereocenters. The Morgan fingerprint density at radius 2 is 2.00 bits per heavy atom. The summed E-state index contributed by atoms with van der Waals surface area (Å²) in [6.45, 7) is 0.817. The summed E-state index contributed by atoms with van der Waals surface area (Å²) in [5.74, 6) is 0.976. The third kappa shape index (κ3) is 1.31. The van der Waals surface area contributed by atoms with E-state index in [4.69, 9.17) is 0 Å². The summed E-state index contributed by atoms with van der Waals surface area (Å²) in [6.07, 6.45) is 3.44. The van der Waals surface area contributed by atoms with Gasteiger partial charge < -0.3 is 9.80 Å². The van der Waals surface area contributed by atoms with Crippen LogP contribution < -0.4 is 9.80 Å². The minimum Gasteiger partial charge on any atom is -0.352 e. The van der Waals surface area contributed by atoms with Gasteiger partial charge >= 0.3 is 0 Å². The normalized spacial score (nSPS) is 14.1. The maximum absolute atomic E-state index is 4.34. The molecule has 4 nitrogen and oxygen atoms in total. The Balaban J connectivity index is 2.07. The number of benzene rings is 1. The highest BCUT2D eigenvalue weighted by molar-refractivity contribution is 5.77. The molecule has 0 aliphatic carbocycles. The number of hydrogen-bond acceptors (Lipinski definition) is 4. The molecular weight excluding hydrogens is 200 g/mol. The molecule has 16 heavy (non-hydrogen) atoms. The second-order valence-electron chi connectivity index (χ2n) is 3.83. The lowest BCUT2D eigenvalue weighted by molar-refractivity contribution is 0.944. The van der Waals surface area contributed by atoms with E-state index >= 15 is 0 Å². The van der Waals surface area contributed by atoms with Gasteiger partial charge in [0.2, 0.25) is 0 Å². The largest absolute Gasteiger partial charge is 0.352 e. The van der Waals surface area contributed by atoms with Crippen LogP contribution in [0.5, 0.6) is 0 Å². The average Bonchev–Trinajstić information content (AvgIpc) is 2.69. The van der Waals surface area contributed by atoms with Gasteiger partial charge in [-0.25, -0.2) is 9.97 Å². The van der Waals surface area contributed by atoms with E-state index in [0.717, 1.165) is 23.9 Å². The van der Waals surface area contributed by atoms with Crippen LogP contribution in [0.4, 0.5) is 17.2 Å². The van der Waals surface area contributed by atoms with Crippen LogP contribution in [-0.4, -0.2) is 23.7 Å². The van der Waals surface area contributed by atoms with Gasteiger partial charge in [0.1, 0.15) is 12.0 Å². The third-order valence-corrected chi connectivity index (χ3v) is 2.76. The van der Waals surface area contributed by atoms with Gasteiger partial charge in [0.15, 0.2) is 5.82 Å². The monoisotopic (exact) mass is 212 g/mol. The molecule has 2 aromatic rings. The molecule has 0 saturated heterocycles. The zero-order chi connectivity index (χ0) is 11.0. The molecule has 0 N–H and O–H groups in total. The number of nitrogens with zero attached hydrogens (tertiary/aromatic N) is 4. The van der Waals surface area contributed by atoms with E-state index in [1.165, 1.54) is 0 Å². The highest BCUT2D eigenvalue weighted by Gasteiger charge is 2.25. The summed E-state index contributed by atoms with van der Waals surface area (Å²) >= 11 is 0. The quantitative estimate of drug-likeness (QED) is 0.724. The highest BCUT2D eigenvalue weighted by Crippen LogP contribution is 2.36. The van der Waals surface area contributed by atoms with E-state index in [1.807, 2.05) is 31.4 Å². The molecule has 0 fully saturated rings. The van der Waals surface area contributed by atoms with Crippen LogP contribution in [0.1, 0.15) is 0 Å².